The third-order valence-corrected chi connectivity index (χ3v) is 13.6. The molecule has 2 saturated heterocycles. The van der Waals surface area contributed by atoms with Crippen molar-refractivity contribution in [2.45, 2.75) is 87.5 Å². The molecular formula is C46H53BrN10O6S2. The topological polar surface area (TPSA) is 221 Å². The Morgan fingerprint density at radius 1 is 0.662 bits per heavy atom. The number of fused-ring (bicyclic) bond motifs is 2. The van der Waals surface area contributed by atoms with Gasteiger partial charge in [0.05, 0.1) is 9.79 Å². The molecule has 4 aromatic carbocycles. The number of likely N-dealkylation sites (tertiary alicyclic amines) is 2. The number of halogens is 1. The van der Waals surface area contributed by atoms with Crippen LogP contribution in [0.5, 0.6) is 11.5 Å². The maximum absolute atomic E-state index is 11.5. The van der Waals surface area contributed by atoms with Gasteiger partial charge in [0.25, 0.3) is 0 Å². The monoisotopic (exact) mass is 984 g/mol. The summed E-state index contributed by atoms with van der Waals surface area (Å²) in [4.78, 5) is 23.1. The Morgan fingerprint density at radius 3 is 1.45 bits per heavy atom. The van der Waals surface area contributed by atoms with E-state index in [0.29, 0.717) is 57.9 Å². The number of terminal acetylenes is 1. The molecular weight excluding hydrogens is 933 g/mol. The highest BCUT2D eigenvalue weighted by atomic mass is 79.9. The first kappa shape index (κ1) is 47.5. The predicted octanol–water partition coefficient (Wildman–Crippen LogP) is 7.29. The molecule has 0 amide bonds. The highest BCUT2D eigenvalue weighted by Gasteiger charge is 2.25. The second-order valence-corrected chi connectivity index (χ2v) is 20.6. The molecule has 0 spiro atoms. The van der Waals surface area contributed by atoms with Crippen molar-refractivity contribution in [3.63, 3.8) is 0 Å². The van der Waals surface area contributed by atoms with Gasteiger partial charge in [-0.2, -0.15) is 0 Å². The van der Waals surface area contributed by atoms with Crippen molar-refractivity contribution in [2.24, 2.45) is 10.3 Å². The molecule has 0 unspecified atom stereocenters. The summed E-state index contributed by atoms with van der Waals surface area (Å²) in [7, 11) is -7.49. The fourth-order valence-corrected chi connectivity index (χ4v) is 9.15. The van der Waals surface area contributed by atoms with Crippen LogP contribution in [0, 0.1) is 12.3 Å². The van der Waals surface area contributed by atoms with Gasteiger partial charge in [-0.1, -0.05) is 21.9 Å². The van der Waals surface area contributed by atoms with Crippen LogP contribution in [0.2, 0.25) is 0 Å². The van der Waals surface area contributed by atoms with E-state index in [0.717, 1.165) is 72.6 Å². The number of ether oxygens (including phenoxy) is 2. The van der Waals surface area contributed by atoms with Crippen LogP contribution < -0.4 is 30.4 Å². The predicted molar refractivity (Wildman–Crippen MR) is 258 cm³/mol. The van der Waals surface area contributed by atoms with Crippen molar-refractivity contribution in [2.75, 3.05) is 36.8 Å². The number of rotatable bonds is 12. The van der Waals surface area contributed by atoms with Crippen molar-refractivity contribution < 1.29 is 26.3 Å². The van der Waals surface area contributed by atoms with Gasteiger partial charge in [0.2, 0.25) is 31.9 Å². The normalized spacial score (nSPS) is 15.7. The average molecular weight is 986 g/mol. The smallest absolute Gasteiger partial charge is 0.238 e. The molecule has 2 aliphatic heterocycles. The van der Waals surface area contributed by atoms with Gasteiger partial charge in [0.1, 0.15) is 34.7 Å². The Labute approximate surface area is 388 Å². The van der Waals surface area contributed by atoms with Crippen molar-refractivity contribution in [3.8, 4) is 23.8 Å². The van der Waals surface area contributed by atoms with Gasteiger partial charge in [0, 0.05) is 82.8 Å². The lowest BCUT2D eigenvalue weighted by molar-refractivity contribution is 0.0850. The van der Waals surface area contributed by atoms with E-state index in [4.69, 9.17) is 26.2 Å². The molecule has 2 aliphatic rings. The maximum Gasteiger partial charge on any atom is 0.238 e. The minimum absolute atomic E-state index is 0.0356. The Morgan fingerprint density at radius 2 is 1.06 bits per heavy atom. The molecule has 342 valence electrons. The number of hydrogen-bond acceptors (Lipinski definition) is 14. The molecule has 4 heterocycles. The molecule has 16 nitrogen and oxygen atoms in total. The van der Waals surface area contributed by atoms with Gasteiger partial charge >= 0.3 is 0 Å². The second kappa shape index (κ2) is 20.4. The minimum Gasteiger partial charge on any atom is -0.488 e. The number of benzene rings is 4. The molecule has 8 rings (SSSR count). The lowest BCUT2D eigenvalue weighted by atomic mass is 10.1. The number of aromatic nitrogens is 4. The zero-order valence-electron chi connectivity index (χ0n) is 36.6. The number of nitrogens with two attached hydrogens (primary N) is 2. The molecule has 6 N–H and O–H groups in total. The first-order chi connectivity index (χ1) is 30.9. The van der Waals surface area contributed by atoms with E-state index in [1.807, 2.05) is 24.3 Å². The fourth-order valence-electron chi connectivity index (χ4n) is 7.67. The molecule has 2 fully saturated rings. The van der Waals surface area contributed by atoms with Crippen LogP contribution in [0.15, 0.2) is 99.5 Å². The van der Waals surface area contributed by atoms with Gasteiger partial charge < -0.3 is 29.9 Å². The summed E-state index contributed by atoms with van der Waals surface area (Å²) in [6.45, 7) is 12.9. The first-order valence-electron chi connectivity index (χ1n) is 21.3. The Bertz CT molecular complexity index is 2900. The lowest BCUT2D eigenvalue weighted by Gasteiger charge is -2.34. The average Bonchev–Trinajstić information content (AvgIpc) is 3.27. The summed E-state index contributed by atoms with van der Waals surface area (Å²) in [5.74, 6) is 4.78. The molecule has 2 aromatic heterocycles. The van der Waals surface area contributed by atoms with E-state index in [-0.39, 0.29) is 22.0 Å². The van der Waals surface area contributed by atoms with E-state index in [1.165, 1.54) is 24.3 Å². The number of sulfonamides is 2. The minimum atomic E-state index is -3.75. The standard InChI is InChI=1S/C24H27N5O3S.C22H26BrN5O3S/c1-4-17-13-18-15-26-24(27-19-5-7-21(8-6-19)33(25,30)31)28-23(18)22(14-17)32-20-9-11-29(12-10-20)16(2)3;1-14(2)28-9-7-18(8-10-28)31-20-12-16(23)11-15-13-25-22(27-21(15)20)26-17-3-5-19(6-4-17)32(24,29)30/h1,5-8,13-16,20H,9-12H2,2-3H3,(H2,25,30,31)(H,26,27,28);3-6,11-14,18H,7-10H2,1-2H3,(H2,24,29,30)(H,25,26,27). The fraction of sp³-hybridized carbons (Fsp3) is 0.348. The van der Waals surface area contributed by atoms with Gasteiger partial charge in [-0.3, -0.25) is 0 Å². The van der Waals surface area contributed by atoms with Crippen LogP contribution in [0.25, 0.3) is 21.8 Å². The van der Waals surface area contributed by atoms with Gasteiger partial charge in [0.15, 0.2) is 0 Å². The van der Waals surface area contributed by atoms with E-state index >= 15 is 0 Å². The molecule has 0 aliphatic carbocycles. The number of primary sulfonamides is 2. The van der Waals surface area contributed by atoms with Gasteiger partial charge in [-0.05, 0) is 126 Å². The van der Waals surface area contributed by atoms with Gasteiger partial charge in [-0.15, -0.1) is 6.42 Å². The summed E-state index contributed by atoms with van der Waals surface area (Å²) in [6, 6.07) is 20.8. The van der Waals surface area contributed by atoms with E-state index in [2.05, 4.69) is 89.9 Å². The molecule has 19 heteroatoms. The van der Waals surface area contributed by atoms with Crippen LogP contribution in [0.4, 0.5) is 23.3 Å². The third kappa shape index (κ3) is 12.5. The molecule has 0 saturated carbocycles. The summed E-state index contributed by atoms with van der Waals surface area (Å²) < 4.78 is 59.5. The number of nitrogens with zero attached hydrogens (tertiary/aromatic N) is 6. The van der Waals surface area contributed by atoms with Crippen LogP contribution in [0.3, 0.4) is 0 Å². The zero-order chi connectivity index (χ0) is 46.5. The summed E-state index contributed by atoms with van der Waals surface area (Å²) in [5.41, 5.74) is 3.38. The van der Waals surface area contributed by atoms with Crippen molar-refractivity contribution >= 4 is 81.1 Å². The Kier molecular flexibility index (Phi) is 14.9. The third-order valence-electron chi connectivity index (χ3n) is 11.3. The summed E-state index contributed by atoms with van der Waals surface area (Å²) in [5, 5.41) is 18.2. The Hall–Kier alpha value is -5.46. The quantitative estimate of drug-likeness (QED) is 0.0886. The molecule has 6 aromatic rings. The number of anilines is 4. The molecule has 65 heavy (non-hydrogen) atoms. The molecule has 0 radical (unpaired) electrons. The summed E-state index contributed by atoms with van der Waals surface area (Å²) in [6.07, 6.45) is 13.1. The second-order valence-electron chi connectivity index (χ2n) is 16.6. The molecule has 0 bridgehead atoms. The number of hydrogen-bond donors (Lipinski definition) is 4. The van der Waals surface area contributed by atoms with Crippen LogP contribution in [-0.4, -0.2) is 97.0 Å². The lowest BCUT2D eigenvalue weighted by Crippen LogP contribution is -2.41. The maximum atomic E-state index is 11.5. The van der Waals surface area contributed by atoms with Crippen molar-refractivity contribution in [1.29, 1.82) is 0 Å². The van der Waals surface area contributed by atoms with E-state index in [1.54, 1.807) is 36.7 Å². The zero-order valence-corrected chi connectivity index (χ0v) is 39.8. The number of piperidine rings is 2. The summed E-state index contributed by atoms with van der Waals surface area (Å²) >= 11 is 3.55. The van der Waals surface area contributed by atoms with Crippen LogP contribution in [0.1, 0.15) is 58.9 Å². The Balaban J connectivity index is 0.000000194. The number of nitrogens with one attached hydrogen (secondary N) is 2. The van der Waals surface area contributed by atoms with E-state index < -0.39 is 20.0 Å². The highest BCUT2D eigenvalue weighted by Crippen LogP contribution is 2.33. The van der Waals surface area contributed by atoms with Crippen molar-refractivity contribution in [3.05, 3.63) is 95.2 Å². The van der Waals surface area contributed by atoms with Crippen LogP contribution in [-0.2, 0) is 20.0 Å². The SMILES string of the molecule is C#Cc1cc(OC2CCN(C(C)C)CC2)c2nc(Nc3ccc(S(N)(=O)=O)cc3)ncc2c1.CC(C)N1CCC(Oc2cc(Br)cc3cnc(Nc4ccc(S(N)(=O)=O)cc4)nc23)CC1. The van der Waals surface area contributed by atoms with E-state index in [9.17, 15) is 16.8 Å². The largest absolute Gasteiger partial charge is 0.488 e. The van der Waals surface area contributed by atoms with Crippen LogP contribution >= 0.6 is 15.9 Å². The first-order valence-corrected chi connectivity index (χ1v) is 25.2. The van der Waals surface area contributed by atoms with Crippen molar-refractivity contribution in [1.82, 2.24) is 29.7 Å². The molecule has 0 atom stereocenters. The van der Waals surface area contributed by atoms with Gasteiger partial charge in [-0.25, -0.2) is 47.0 Å². The highest BCUT2D eigenvalue weighted by molar-refractivity contribution is 9.10.